The minimum Gasteiger partial charge on any atom is -0.327 e. The van der Waals surface area contributed by atoms with Crippen LogP contribution in [0.15, 0.2) is 17.5 Å². The fourth-order valence-electron chi connectivity index (χ4n) is 4.60. The minimum absolute atomic E-state index is 0.0278. The number of imide groups is 2. The number of nitrogens with zero attached hydrogens (tertiary/aromatic N) is 3. The summed E-state index contributed by atoms with van der Waals surface area (Å²) in [6.45, 7) is 4.65. The highest BCUT2D eigenvalue weighted by molar-refractivity contribution is 7.12. The first-order chi connectivity index (χ1) is 14.0. The lowest BCUT2D eigenvalue weighted by Gasteiger charge is -2.35. The molecular weight excluding hydrogens is 392 g/mol. The van der Waals surface area contributed by atoms with Crippen LogP contribution in [0.2, 0.25) is 0 Å². The number of carbonyl (C=O) groups is 4. The van der Waals surface area contributed by atoms with Crippen molar-refractivity contribution in [3.05, 3.63) is 22.4 Å². The fourth-order valence-corrected chi connectivity index (χ4v) is 5.29. The molecular formula is C20H27N4O4S+. The smallest absolute Gasteiger partial charge is 0.327 e. The van der Waals surface area contributed by atoms with Crippen molar-refractivity contribution < 1.29 is 24.1 Å². The van der Waals surface area contributed by atoms with E-state index in [0.29, 0.717) is 26.2 Å². The number of nitrogens with one attached hydrogen (secondary N) is 1. The third-order valence-corrected chi connectivity index (χ3v) is 7.21. The molecule has 1 N–H and O–H groups in total. The minimum atomic E-state index is -0.711. The second kappa shape index (κ2) is 8.23. The van der Waals surface area contributed by atoms with E-state index in [0.717, 1.165) is 40.4 Å². The van der Waals surface area contributed by atoms with Gasteiger partial charge in [0.2, 0.25) is 0 Å². The van der Waals surface area contributed by atoms with Gasteiger partial charge in [-0.3, -0.25) is 19.3 Å². The predicted octanol–water partition coefficient (Wildman–Crippen LogP) is 0.416. The summed E-state index contributed by atoms with van der Waals surface area (Å²) in [5.74, 6) is -1.14. The summed E-state index contributed by atoms with van der Waals surface area (Å²) in [4.78, 5) is 56.3. The lowest BCUT2D eigenvalue weighted by Crippen LogP contribution is -3.16. The summed E-state index contributed by atoms with van der Waals surface area (Å²) in [5, 5.41) is 1.88. The molecule has 1 aromatic heterocycles. The Morgan fingerprint density at radius 3 is 2.52 bits per heavy atom. The van der Waals surface area contributed by atoms with Crippen molar-refractivity contribution in [2.45, 2.75) is 38.6 Å². The van der Waals surface area contributed by atoms with Gasteiger partial charge >= 0.3 is 17.8 Å². The molecule has 5 amide bonds. The first kappa shape index (κ1) is 20.0. The van der Waals surface area contributed by atoms with Crippen molar-refractivity contribution in [3.63, 3.8) is 0 Å². The molecule has 4 rings (SSSR count). The highest BCUT2D eigenvalue weighted by Crippen LogP contribution is 2.30. The van der Waals surface area contributed by atoms with Crippen LogP contribution in [0.3, 0.4) is 0 Å². The highest BCUT2D eigenvalue weighted by Gasteiger charge is 2.50. The Kier molecular flexibility index (Phi) is 5.69. The zero-order chi connectivity index (χ0) is 20.5. The Bertz CT molecular complexity index is 803. The molecule has 3 aliphatic rings. The maximum Gasteiger partial charge on any atom is 0.338 e. The lowest BCUT2D eigenvalue weighted by molar-refractivity contribution is -0.911. The van der Waals surface area contributed by atoms with Crippen LogP contribution < -0.4 is 4.90 Å². The van der Waals surface area contributed by atoms with Crippen LogP contribution in [0.25, 0.3) is 0 Å². The Balaban J connectivity index is 1.36. The topological polar surface area (TPSA) is 82.4 Å². The zero-order valence-corrected chi connectivity index (χ0v) is 17.5. The molecule has 0 bridgehead atoms. The highest BCUT2D eigenvalue weighted by atomic mass is 32.1. The van der Waals surface area contributed by atoms with Crippen molar-refractivity contribution in [1.29, 1.82) is 0 Å². The number of hydrogen-bond donors (Lipinski definition) is 1. The molecule has 2 saturated heterocycles. The third-order valence-electron chi connectivity index (χ3n) is 6.35. The molecule has 29 heavy (non-hydrogen) atoms. The Labute approximate surface area is 174 Å². The normalized spacial score (nSPS) is 26.5. The molecule has 0 radical (unpaired) electrons. The first-order valence-corrected chi connectivity index (χ1v) is 11.2. The maximum absolute atomic E-state index is 12.9. The second-order valence-electron chi connectivity index (χ2n) is 8.20. The predicted molar refractivity (Wildman–Crippen MR) is 106 cm³/mol. The van der Waals surface area contributed by atoms with Crippen molar-refractivity contribution >= 4 is 35.1 Å². The van der Waals surface area contributed by atoms with E-state index < -0.39 is 17.8 Å². The summed E-state index contributed by atoms with van der Waals surface area (Å²) in [6, 6.07) is 3.04. The number of thiophene rings is 1. The van der Waals surface area contributed by atoms with Gasteiger partial charge in [0.25, 0.3) is 5.91 Å². The van der Waals surface area contributed by atoms with Crippen LogP contribution >= 0.6 is 11.3 Å². The van der Waals surface area contributed by atoms with E-state index in [4.69, 9.17) is 0 Å². The summed E-state index contributed by atoms with van der Waals surface area (Å²) in [7, 11) is 0. The van der Waals surface area contributed by atoms with Gasteiger partial charge < -0.3 is 9.80 Å². The number of quaternary nitrogens is 1. The average Bonchev–Trinajstić information content (AvgIpc) is 3.33. The zero-order valence-electron chi connectivity index (χ0n) is 16.6. The molecule has 1 saturated carbocycles. The van der Waals surface area contributed by atoms with E-state index in [1.54, 1.807) is 0 Å². The van der Waals surface area contributed by atoms with Crippen LogP contribution in [0.4, 0.5) is 4.79 Å². The quantitative estimate of drug-likeness (QED) is 0.566. The molecule has 156 valence electrons. The third kappa shape index (κ3) is 3.81. The molecule has 2 aliphatic heterocycles. The second-order valence-corrected chi connectivity index (χ2v) is 9.15. The molecule has 1 aromatic rings. The number of hydrogen-bond acceptors (Lipinski definition) is 5. The van der Waals surface area contributed by atoms with Gasteiger partial charge in [-0.1, -0.05) is 25.8 Å². The molecule has 0 aromatic carbocycles. The first-order valence-electron chi connectivity index (χ1n) is 10.3. The van der Waals surface area contributed by atoms with E-state index in [1.165, 1.54) is 16.2 Å². The van der Waals surface area contributed by atoms with Gasteiger partial charge in [-0.05, 0) is 30.2 Å². The summed E-state index contributed by atoms with van der Waals surface area (Å²) in [5.41, 5.74) is 0. The number of amides is 5. The Morgan fingerprint density at radius 2 is 1.86 bits per heavy atom. The molecule has 0 unspecified atom stereocenters. The monoisotopic (exact) mass is 419 g/mol. The molecule has 0 spiro atoms. The van der Waals surface area contributed by atoms with Gasteiger partial charge in [-0.25, -0.2) is 9.69 Å². The molecule has 1 aliphatic carbocycles. The fraction of sp³-hybridized carbons (Fsp3) is 0.600. The SMILES string of the molecule is C[C@@H]1CCCC[C@H]1N1C(=O)C(=O)N(C[NH+]2CCN(C(=O)c3cccs3)CC2)C1=O. The van der Waals surface area contributed by atoms with Crippen molar-refractivity contribution in [3.8, 4) is 0 Å². The molecule has 3 heterocycles. The van der Waals surface area contributed by atoms with E-state index in [2.05, 4.69) is 0 Å². The standard InChI is InChI=1S/C20H26N4O4S/c1-14-5-2-3-6-15(14)24-19(27)18(26)23(20(24)28)13-21-8-10-22(11-9-21)17(25)16-7-4-12-29-16/h4,7,12,14-15H,2-3,5-6,8-11,13H2,1H3/p+1/t14-,15-/m1/s1. The molecule has 3 fully saturated rings. The Morgan fingerprint density at radius 1 is 1.14 bits per heavy atom. The van der Waals surface area contributed by atoms with Gasteiger partial charge in [0, 0.05) is 6.04 Å². The molecule has 8 nitrogen and oxygen atoms in total. The van der Waals surface area contributed by atoms with E-state index in [1.807, 2.05) is 29.3 Å². The summed E-state index contributed by atoms with van der Waals surface area (Å²) in [6.07, 6.45) is 3.83. The molecule has 9 heteroatoms. The Hall–Kier alpha value is -2.26. The van der Waals surface area contributed by atoms with E-state index in [9.17, 15) is 19.2 Å². The largest absolute Gasteiger partial charge is 0.338 e. The van der Waals surface area contributed by atoms with Gasteiger partial charge in [0.05, 0.1) is 31.1 Å². The van der Waals surface area contributed by atoms with Crippen LogP contribution in [-0.2, 0) is 9.59 Å². The molecule has 2 atom stereocenters. The number of urea groups is 1. The lowest BCUT2D eigenvalue weighted by atomic mass is 9.85. The number of rotatable bonds is 4. The summed E-state index contributed by atoms with van der Waals surface area (Å²) >= 11 is 1.43. The van der Waals surface area contributed by atoms with Crippen LogP contribution in [0.1, 0.15) is 42.3 Å². The van der Waals surface area contributed by atoms with E-state index in [-0.39, 0.29) is 24.5 Å². The van der Waals surface area contributed by atoms with E-state index >= 15 is 0 Å². The van der Waals surface area contributed by atoms with Gasteiger partial charge in [0.1, 0.15) is 0 Å². The van der Waals surface area contributed by atoms with Crippen molar-refractivity contribution in [2.75, 3.05) is 32.8 Å². The van der Waals surface area contributed by atoms with Crippen LogP contribution in [-0.4, -0.2) is 77.3 Å². The summed E-state index contributed by atoms with van der Waals surface area (Å²) < 4.78 is 0. The van der Waals surface area contributed by atoms with Crippen LogP contribution in [0.5, 0.6) is 0 Å². The van der Waals surface area contributed by atoms with Gasteiger partial charge in [-0.2, -0.15) is 0 Å². The number of carbonyl (C=O) groups excluding carboxylic acids is 4. The van der Waals surface area contributed by atoms with Crippen molar-refractivity contribution in [2.24, 2.45) is 5.92 Å². The average molecular weight is 420 g/mol. The van der Waals surface area contributed by atoms with Crippen molar-refractivity contribution in [1.82, 2.24) is 14.7 Å². The maximum atomic E-state index is 12.9. The van der Waals surface area contributed by atoms with Gasteiger partial charge in [-0.15, -0.1) is 11.3 Å². The van der Waals surface area contributed by atoms with Gasteiger partial charge in [0.15, 0.2) is 6.67 Å². The number of piperazine rings is 1. The van der Waals surface area contributed by atoms with Crippen LogP contribution in [0, 0.1) is 5.92 Å².